The Labute approximate surface area is 221 Å². The van der Waals surface area contributed by atoms with E-state index in [1.54, 1.807) is 13.2 Å². The maximum atomic E-state index is 13.3. The zero-order valence-electron chi connectivity index (χ0n) is 19.6. The summed E-state index contributed by atoms with van der Waals surface area (Å²) in [5.41, 5.74) is 5.84. The van der Waals surface area contributed by atoms with Gasteiger partial charge in [0.15, 0.2) is 0 Å². The van der Waals surface area contributed by atoms with Gasteiger partial charge in [0.05, 0.1) is 37.2 Å². The van der Waals surface area contributed by atoms with Crippen LogP contribution in [-0.4, -0.2) is 84.3 Å². The fourth-order valence-corrected chi connectivity index (χ4v) is 6.29. The van der Waals surface area contributed by atoms with Gasteiger partial charge in [-0.15, -0.1) is 0 Å². The fraction of sp³-hybridized carbons (Fsp3) is 0.545. The van der Waals surface area contributed by atoms with Crippen molar-refractivity contribution in [3.05, 3.63) is 40.7 Å². The quantitative estimate of drug-likeness (QED) is 0.511. The summed E-state index contributed by atoms with van der Waals surface area (Å²) in [6, 6.07) is 1.47. The largest absolute Gasteiger partial charge is 0.391 e. The van der Waals surface area contributed by atoms with Crippen molar-refractivity contribution in [2.75, 3.05) is 22.8 Å². The fourth-order valence-electron chi connectivity index (χ4n) is 5.16. The molecule has 2 amide bonds. The predicted molar refractivity (Wildman–Crippen MR) is 128 cm³/mol. The van der Waals surface area contributed by atoms with Crippen molar-refractivity contribution < 1.29 is 23.1 Å². The van der Waals surface area contributed by atoms with Crippen molar-refractivity contribution in [1.29, 1.82) is 0 Å². The molecule has 12 heteroatoms. The number of nitrogens with one attached hydrogen (secondary N) is 2. The van der Waals surface area contributed by atoms with E-state index in [4.69, 9.17) is 4.74 Å². The summed E-state index contributed by atoms with van der Waals surface area (Å²) in [5.74, 6) is 0. The Morgan fingerprint density at radius 3 is 2.47 bits per heavy atom. The number of aryl methyl sites for hydroxylation is 3. The molecule has 0 bridgehead atoms. The van der Waals surface area contributed by atoms with E-state index in [1.807, 2.05) is 0 Å². The first kappa shape index (κ1) is 25.5. The molecule has 1 saturated heterocycles. The van der Waals surface area contributed by atoms with Gasteiger partial charge in [0, 0.05) is 54.9 Å². The minimum Gasteiger partial charge on any atom is -0.391 e. The minimum atomic E-state index is -4.26. The van der Waals surface area contributed by atoms with E-state index in [9.17, 15) is 18.3 Å². The first-order chi connectivity index (χ1) is 15.8. The first-order valence-electron chi connectivity index (χ1n) is 11.4. The van der Waals surface area contributed by atoms with Gasteiger partial charge in [0.1, 0.15) is 0 Å². The van der Waals surface area contributed by atoms with Gasteiger partial charge < -0.3 is 15.2 Å². The molecule has 1 aromatic carbocycles. The summed E-state index contributed by atoms with van der Waals surface area (Å²) in [4.78, 5) is 12.9. The van der Waals surface area contributed by atoms with Crippen molar-refractivity contribution in [2.24, 2.45) is 7.05 Å². The molecule has 2 aliphatic carbocycles. The Balaban J connectivity index is 0.00000274. The van der Waals surface area contributed by atoms with E-state index in [0.717, 1.165) is 59.6 Å². The molecule has 2 atom stereocenters. The summed E-state index contributed by atoms with van der Waals surface area (Å²) >= 11 is 0. The van der Waals surface area contributed by atoms with E-state index >= 15 is 0 Å². The molecular formula is C22H29N5NaO5S. The van der Waals surface area contributed by atoms with Crippen LogP contribution in [0.2, 0.25) is 0 Å². The van der Waals surface area contributed by atoms with Crippen LogP contribution in [0, 0.1) is 0 Å². The number of nitrogens with zero attached hydrogens (tertiary/aromatic N) is 3. The van der Waals surface area contributed by atoms with Crippen LogP contribution in [0.1, 0.15) is 41.5 Å². The standard InChI is InChI=1S/C22H29N5O5S.Na/c1-26-11-16(10-23-26)27(12-18-9-17(28)13-32-18)33(30,31)25-22(29)24-21-19-6-2-4-14(19)8-15-5-3-7-20(15)21;/h8,10-11,17-18,28H,2-7,9,12-13H2,1H3,(H2,24,25,29);/t17-,18+;/m0./s1. The second-order valence-electron chi connectivity index (χ2n) is 9.04. The summed E-state index contributed by atoms with van der Waals surface area (Å²) in [7, 11) is -2.58. The monoisotopic (exact) mass is 498 g/mol. The van der Waals surface area contributed by atoms with Crippen LogP contribution in [0.15, 0.2) is 18.5 Å². The van der Waals surface area contributed by atoms with Gasteiger partial charge in [-0.1, -0.05) is 6.07 Å². The van der Waals surface area contributed by atoms with Crippen LogP contribution in [0.5, 0.6) is 0 Å². The number of hydrogen-bond acceptors (Lipinski definition) is 6. The molecule has 0 saturated carbocycles. The number of fused-ring (bicyclic) bond motifs is 2. The second-order valence-corrected chi connectivity index (χ2v) is 10.6. The Hall–Kier alpha value is -1.63. The molecule has 3 N–H and O–H groups in total. The van der Waals surface area contributed by atoms with Gasteiger partial charge in [-0.2, -0.15) is 13.5 Å². The first-order valence-corrected chi connectivity index (χ1v) is 12.8. The van der Waals surface area contributed by atoms with E-state index in [0.29, 0.717) is 12.1 Å². The van der Waals surface area contributed by atoms with Gasteiger partial charge in [-0.05, 0) is 60.8 Å². The van der Waals surface area contributed by atoms with E-state index in [-0.39, 0.29) is 42.7 Å². The molecule has 179 valence electrons. The number of aromatic nitrogens is 2. The number of aliphatic hydroxyl groups excluding tert-OH is 1. The summed E-state index contributed by atoms with van der Waals surface area (Å²) in [5, 5.41) is 16.7. The average Bonchev–Trinajstić information content (AvgIpc) is 3.53. The molecule has 3 aliphatic rings. The molecule has 1 fully saturated rings. The number of rotatable bonds is 6. The van der Waals surface area contributed by atoms with Crippen molar-refractivity contribution in [1.82, 2.24) is 14.5 Å². The number of anilines is 2. The van der Waals surface area contributed by atoms with Gasteiger partial charge in [-0.3, -0.25) is 4.68 Å². The molecule has 2 aromatic rings. The number of urea groups is 1. The Bertz CT molecular complexity index is 1150. The number of aliphatic hydroxyl groups is 1. The van der Waals surface area contributed by atoms with Crippen molar-refractivity contribution in [3.63, 3.8) is 0 Å². The van der Waals surface area contributed by atoms with Gasteiger partial charge in [0.2, 0.25) is 0 Å². The molecule has 1 radical (unpaired) electrons. The topological polar surface area (TPSA) is 126 Å². The van der Waals surface area contributed by atoms with E-state index < -0.39 is 28.4 Å². The van der Waals surface area contributed by atoms with Crippen LogP contribution in [-0.2, 0) is 47.7 Å². The normalized spacial score (nSPS) is 21.0. The summed E-state index contributed by atoms with van der Waals surface area (Å²) < 4.78 is 36.8. The molecular weight excluding hydrogens is 469 g/mol. The Kier molecular flexibility index (Phi) is 7.61. The number of carbonyl (C=O) groups excluding carboxylic acids is 1. The zero-order valence-corrected chi connectivity index (χ0v) is 22.4. The SMILES string of the molecule is Cn1cc(N(C[C@H]2C[C@H](O)CO2)S(=O)(=O)NC(=O)Nc2c3c(cc4c2CCC4)CCC3)cn1.[Na]. The number of hydrogen-bond donors (Lipinski definition) is 3. The summed E-state index contributed by atoms with van der Waals surface area (Å²) in [6.07, 6.45) is 7.98. The number of benzene rings is 1. The van der Waals surface area contributed by atoms with Crippen molar-refractivity contribution >= 4 is 57.2 Å². The van der Waals surface area contributed by atoms with Crippen molar-refractivity contribution in [3.8, 4) is 0 Å². The molecule has 10 nitrogen and oxygen atoms in total. The van der Waals surface area contributed by atoms with Crippen LogP contribution >= 0.6 is 0 Å². The summed E-state index contributed by atoms with van der Waals surface area (Å²) in [6.45, 7) is 0.116. The molecule has 34 heavy (non-hydrogen) atoms. The smallest absolute Gasteiger partial charge is 0.334 e. The van der Waals surface area contributed by atoms with Crippen LogP contribution in [0.4, 0.5) is 16.2 Å². The molecule has 0 unspecified atom stereocenters. The third-order valence-electron chi connectivity index (χ3n) is 6.63. The predicted octanol–water partition coefficient (Wildman–Crippen LogP) is 1.04. The molecule has 1 aromatic heterocycles. The van der Waals surface area contributed by atoms with Gasteiger partial charge in [-0.25, -0.2) is 13.8 Å². The third-order valence-corrected chi connectivity index (χ3v) is 8.01. The molecule has 1 aliphatic heterocycles. The number of carbonyl (C=O) groups is 1. The maximum absolute atomic E-state index is 13.3. The average molecular weight is 499 g/mol. The Morgan fingerprint density at radius 1 is 1.24 bits per heavy atom. The van der Waals surface area contributed by atoms with Crippen molar-refractivity contribution in [2.45, 2.75) is 57.2 Å². The van der Waals surface area contributed by atoms with E-state index in [1.165, 1.54) is 22.0 Å². The Morgan fingerprint density at radius 2 is 1.91 bits per heavy atom. The molecule has 2 heterocycles. The second kappa shape index (κ2) is 10.2. The van der Waals surface area contributed by atoms with Crippen LogP contribution in [0.3, 0.4) is 0 Å². The maximum Gasteiger partial charge on any atom is 0.334 e. The number of ether oxygens (including phenoxy) is 1. The third kappa shape index (κ3) is 5.14. The van der Waals surface area contributed by atoms with E-state index in [2.05, 4.69) is 21.2 Å². The number of amides is 2. The van der Waals surface area contributed by atoms with Crippen LogP contribution < -0.4 is 14.3 Å². The molecule has 5 rings (SSSR count). The van der Waals surface area contributed by atoms with Crippen LogP contribution in [0.25, 0.3) is 0 Å². The molecule has 0 spiro atoms. The van der Waals surface area contributed by atoms with Gasteiger partial charge in [0.25, 0.3) is 0 Å². The zero-order chi connectivity index (χ0) is 23.2. The minimum absolute atomic E-state index is 0. The van der Waals surface area contributed by atoms with Gasteiger partial charge >= 0.3 is 16.2 Å².